The molecule has 1 heterocycles. The van der Waals surface area contributed by atoms with E-state index in [9.17, 15) is 22.0 Å². The van der Waals surface area contributed by atoms with Crippen molar-refractivity contribution in [3.05, 3.63) is 90.3 Å². The van der Waals surface area contributed by atoms with E-state index in [4.69, 9.17) is 12.2 Å². The fraction of sp³-hybridized carbons (Fsp3) is 0.250. The van der Waals surface area contributed by atoms with Crippen LogP contribution < -0.4 is 9.64 Å². The molecule has 0 N–H and O–H groups in total. The first-order chi connectivity index (χ1) is 18.4. The molecule has 5 nitrogen and oxygen atoms in total. The number of nitrogens with zero attached hydrogens (tertiary/aromatic N) is 4. The van der Waals surface area contributed by atoms with E-state index in [1.54, 1.807) is 0 Å². The first-order valence-corrected chi connectivity index (χ1v) is 12.3. The molecule has 0 fully saturated rings. The lowest BCUT2D eigenvalue weighted by atomic mass is 10.0. The Bertz CT molecular complexity index is 1400. The molecule has 11 heteroatoms. The second kappa shape index (κ2) is 11.5. The van der Waals surface area contributed by atoms with Gasteiger partial charge in [0, 0.05) is 31.8 Å². The molecule has 0 aliphatic carbocycles. The molecule has 0 saturated carbocycles. The minimum atomic E-state index is -5.81. The van der Waals surface area contributed by atoms with E-state index in [0.717, 1.165) is 53.1 Å². The number of anilines is 1. The lowest BCUT2D eigenvalue weighted by Gasteiger charge is -2.20. The van der Waals surface area contributed by atoms with Crippen molar-refractivity contribution in [1.82, 2.24) is 14.8 Å². The monoisotopic (exact) mass is 560 g/mol. The topological polar surface area (TPSA) is 43.2 Å². The largest absolute Gasteiger partial charge is 0.499 e. The maximum Gasteiger partial charge on any atom is 0.499 e. The van der Waals surface area contributed by atoms with Crippen LogP contribution in [0.1, 0.15) is 17.5 Å². The Balaban J connectivity index is 1.32. The highest BCUT2D eigenvalue weighted by Crippen LogP contribution is 2.37. The third-order valence-corrected chi connectivity index (χ3v) is 6.28. The highest BCUT2D eigenvalue weighted by atomic mass is 32.1. The fourth-order valence-electron chi connectivity index (χ4n) is 3.72. The summed E-state index contributed by atoms with van der Waals surface area (Å²) in [6.07, 6.45) is -7.34. The minimum absolute atomic E-state index is 0.415. The first-order valence-electron chi connectivity index (χ1n) is 11.9. The fourth-order valence-corrected chi connectivity index (χ4v) is 3.99. The number of alkyl halides is 5. The zero-order valence-electron chi connectivity index (χ0n) is 21.1. The SMILES string of the molecule is CN(C)c1ccc(CC(=S)CCc2ccc(-c3ncn(-c4ccc(OC(F)(F)C(F)(F)F)cc4)n3)cc2)cc1. The second-order valence-electron chi connectivity index (χ2n) is 9.10. The molecular weight excluding hydrogens is 535 g/mol. The van der Waals surface area contributed by atoms with Crippen LogP contribution in [-0.2, 0) is 12.8 Å². The number of thiocarbonyl (C=S) groups is 1. The number of hydrogen-bond donors (Lipinski definition) is 0. The summed E-state index contributed by atoms with van der Waals surface area (Å²) in [6, 6.07) is 20.7. The third-order valence-electron chi connectivity index (χ3n) is 5.93. The molecule has 0 spiro atoms. The van der Waals surface area contributed by atoms with Crippen molar-refractivity contribution in [2.45, 2.75) is 31.5 Å². The van der Waals surface area contributed by atoms with E-state index in [0.29, 0.717) is 11.5 Å². The number of benzene rings is 3. The molecule has 0 aliphatic heterocycles. The average molecular weight is 561 g/mol. The molecule has 0 saturated heterocycles. The third kappa shape index (κ3) is 7.17. The normalized spacial score (nSPS) is 11.9. The van der Waals surface area contributed by atoms with E-state index < -0.39 is 18.0 Å². The van der Waals surface area contributed by atoms with Crippen molar-refractivity contribution in [3.8, 4) is 22.8 Å². The van der Waals surface area contributed by atoms with E-state index in [-0.39, 0.29) is 0 Å². The number of rotatable bonds is 10. The van der Waals surface area contributed by atoms with Crippen LogP contribution in [0.5, 0.6) is 5.75 Å². The molecule has 39 heavy (non-hydrogen) atoms. The average Bonchev–Trinajstić information content (AvgIpc) is 3.38. The van der Waals surface area contributed by atoms with Gasteiger partial charge in [0.05, 0.1) is 5.69 Å². The van der Waals surface area contributed by atoms with Crippen LogP contribution >= 0.6 is 12.2 Å². The molecule has 0 bridgehead atoms. The molecule has 1 aromatic heterocycles. The first kappa shape index (κ1) is 28.2. The van der Waals surface area contributed by atoms with Gasteiger partial charge in [-0.2, -0.15) is 22.0 Å². The summed E-state index contributed by atoms with van der Waals surface area (Å²) < 4.78 is 68.4. The quantitative estimate of drug-likeness (QED) is 0.153. The van der Waals surface area contributed by atoms with E-state index >= 15 is 0 Å². The lowest BCUT2D eigenvalue weighted by Crippen LogP contribution is -2.41. The number of aryl methyl sites for hydroxylation is 1. The van der Waals surface area contributed by atoms with Crippen LogP contribution in [0.2, 0.25) is 0 Å². The number of hydrogen-bond acceptors (Lipinski definition) is 5. The summed E-state index contributed by atoms with van der Waals surface area (Å²) in [5.74, 6) is -0.194. The summed E-state index contributed by atoms with van der Waals surface area (Å²) >= 11 is 5.59. The Morgan fingerprint density at radius 1 is 0.872 bits per heavy atom. The summed E-state index contributed by atoms with van der Waals surface area (Å²) in [5, 5.41) is 4.37. The van der Waals surface area contributed by atoms with Crippen LogP contribution in [0.25, 0.3) is 17.1 Å². The van der Waals surface area contributed by atoms with Gasteiger partial charge in [0.2, 0.25) is 0 Å². The van der Waals surface area contributed by atoms with Gasteiger partial charge in [0.1, 0.15) is 12.1 Å². The number of aromatic nitrogens is 3. The lowest BCUT2D eigenvalue weighted by molar-refractivity contribution is -0.360. The van der Waals surface area contributed by atoms with E-state index in [1.165, 1.54) is 28.7 Å². The zero-order chi connectivity index (χ0) is 28.2. The number of halogens is 5. The van der Waals surface area contributed by atoms with E-state index in [2.05, 4.69) is 44.0 Å². The summed E-state index contributed by atoms with van der Waals surface area (Å²) in [6.45, 7) is 0. The number of ether oxygens (including phenoxy) is 1. The Morgan fingerprint density at radius 3 is 2.08 bits per heavy atom. The summed E-state index contributed by atoms with van der Waals surface area (Å²) in [7, 11) is 4.00. The van der Waals surface area contributed by atoms with Crippen molar-refractivity contribution in [2.75, 3.05) is 19.0 Å². The molecular formula is C28H25F5N4OS. The summed E-state index contributed by atoms with van der Waals surface area (Å²) in [4.78, 5) is 7.31. The van der Waals surface area contributed by atoms with Crippen LogP contribution in [0.3, 0.4) is 0 Å². The molecule has 0 radical (unpaired) electrons. The minimum Gasteiger partial charge on any atom is -0.426 e. The molecule has 4 aromatic rings. The molecule has 0 amide bonds. The van der Waals surface area contributed by atoms with Crippen molar-refractivity contribution >= 4 is 22.8 Å². The van der Waals surface area contributed by atoms with Gasteiger partial charge in [-0.05, 0) is 65.2 Å². The maximum absolute atomic E-state index is 13.1. The van der Waals surface area contributed by atoms with Crippen LogP contribution in [0.4, 0.5) is 27.6 Å². The molecule has 0 atom stereocenters. The molecule has 204 valence electrons. The molecule has 0 unspecified atom stereocenters. The van der Waals surface area contributed by atoms with Crippen molar-refractivity contribution < 1.29 is 26.7 Å². The van der Waals surface area contributed by atoms with Gasteiger partial charge in [0.25, 0.3) is 0 Å². The zero-order valence-corrected chi connectivity index (χ0v) is 21.9. The van der Waals surface area contributed by atoms with Gasteiger partial charge in [-0.3, -0.25) is 0 Å². The van der Waals surface area contributed by atoms with Gasteiger partial charge in [-0.15, -0.1) is 5.10 Å². The maximum atomic E-state index is 13.1. The molecule has 0 aliphatic rings. The van der Waals surface area contributed by atoms with E-state index in [1.807, 2.05) is 38.4 Å². The highest BCUT2D eigenvalue weighted by molar-refractivity contribution is 7.80. The second-order valence-corrected chi connectivity index (χ2v) is 9.67. The molecule has 4 rings (SSSR count). The summed E-state index contributed by atoms with van der Waals surface area (Å²) in [5.41, 5.74) is 4.63. The van der Waals surface area contributed by atoms with Crippen molar-refractivity contribution in [1.29, 1.82) is 0 Å². The van der Waals surface area contributed by atoms with Gasteiger partial charge >= 0.3 is 12.3 Å². The van der Waals surface area contributed by atoms with Crippen LogP contribution in [0, 0.1) is 0 Å². The standard InChI is InChI=1S/C28H25F5N4OS/c1-36(2)22-10-5-20(6-11-22)17-25(39)16-7-19-3-8-21(9-4-19)26-34-18-37(35-26)23-12-14-24(15-13-23)38-28(32,33)27(29,30)31/h3-6,8-15,18H,7,16-17H2,1-2H3. The Labute approximate surface area is 227 Å². The van der Waals surface area contributed by atoms with Crippen LogP contribution in [-0.4, -0.2) is 46.0 Å². The molecule has 3 aromatic carbocycles. The Kier molecular flexibility index (Phi) is 8.29. The smallest absolute Gasteiger partial charge is 0.426 e. The predicted octanol–water partition coefficient (Wildman–Crippen LogP) is 7.08. The van der Waals surface area contributed by atoms with Crippen LogP contribution in [0.15, 0.2) is 79.1 Å². The van der Waals surface area contributed by atoms with Gasteiger partial charge in [-0.25, -0.2) is 9.67 Å². The van der Waals surface area contributed by atoms with Gasteiger partial charge in [0.15, 0.2) is 5.82 Å². The van der Waals surface area contributed by atoms with Gasteiger partial charge < -0.3 is 9.64 Å². The predicted molar refractivity (Wildman–Crippen MR) is 144 cm³/mol. The Hall–Kier alpha value is -3.86. The Morgan fingerprint density at radius 2 is 1.49 bits per heavy atom. The van der Waals surface area contributed by atoms with Gasteiger partial charge in [-0.1, -0.05) is 48.6 Å². The van der Waals surface area contributed by atoms with Crippen molar-refractivity contribution in [3.63, 3.8) is 0 Å². The highest BCUT2D eigenvalue weighted by Gasteiger charge is 2.61. The van der Waals surface area contributed by atoms with Crippen molar-refractivity contribution in [2.24, 2.45) is 0 Å².